The second-order valence-electron chi connectivity index (χ2n) is 3.05. The van der Waals surface area contributed by atoms with E-state index in [1.165, 1.54) is 0 Å². The van der Waals surface area contributed by atoms with E-state index in [1.807, 2.05) is 26.1 Å². The Labute approximate surface area is 66.7 Å². The summed E-state index contributed by atoms with van der Waals surface area (Å²) in [6.07, 6.45) is 4.31. The molecule has 1 N–H and O–H groups in total. The molecule has 0 bridgehead atoms. The summed E-state index contributed by atoms with van der Waals surface area (Å²) in [7, 11) is 0. The van der Waals surface area contributed by atoms with E-state index in [-0.39, 0.29) is 0 Å². The molecule has 1 rings (SSSR count). The van der Waals surface area contributed by atoms with Gasteiger partial charge in [-0.2, -0.15) is 5.10 Å². The molecular weight excluding hydrogens is 140 g/mol. The first-order chi connectivity index (χ1) is 5.14. The third kappa shape index (κ3) is 2.35. The van der Waals surface area contributed by atoms with Crippen molar-refractivity contribution in [2.24, 2.45) is 0 Å². The molecule has 0 amide bonds. The summed E-state index contributed by atoms with van der Waals surface area (Å²) in [6.45, 7) is 4.34. The molecule has 1 aromatic rings. The van der Waals surface area contributed by atoms with E-state index < -0.39 is 5.60 Å². The first-order valence-corrected chi connectivity index (χ1v) is 3.84. The topological polar surface area (TPSA) is 38.0 Å². The van der Waals surface area contributed by atoms with Gasteiger partial charge in [0, 0.05) is 12.4 Å². The Morgan fingerprint density at radius 2 is 2.36 bits per heavy atom. The minimum Gasteiger partial charge on any atom is -0.388 e. The van der Waals surface area contributed by atoms with Gasteiger partial charge in [0.2, 0.25) is 0 Å². The zero-order valence-corrected chi connectivity index (χ0v) is 6.99. The highest BCUT2D eigenvalue weighted by Gasteiger charge is 2.17. The minimum absolute atomic E-state index is 0.566. The molecule has 0 aromatic carbocycles. The number of rotatable bonds is 3. The van der Waals surface area contributed by atoms with Crippen LogP contribution >= 0.6 is 0 Å². The zero-order valence-electron chi connectivity index (χ0n) is 6.99. The Hall–Kier alpha value is -0.830. The van der Waals surface area contributed by atoms with E-state index in [9.17, 15) is 5.11 Å². The molecule has 0 radical (unpaired) electrons. The largest absolute Gasteiger partial charge is 0.388 e. The van der Waals surface area contributed by atoms with E-state index in [4.69, 9.17) is 0 Å². The molecule has 0 spiro atoms. The van der Waals surface area contributed by atoms with Crippen LogP contribution in [0.2, 0.25) is 0 Å². The van der Waals surface area contributed by atoms with Gasteiger partial charge in [-0.1, -0.05) is 6.92 Å². The number of hydrogen-bond acceptors (Lipinski definition) is 2. The van der Waals surface area contributed by atoms with Gasteiger partial charge in [-0.05, 0) is 19.4 Å². The molecule has 1 atom stereocenters. The van der Waals surface area contributed by atoms with Crippen molar-refractivity contribution in [3.63, 3.8) is 0 Å². The summed E-state index contributed by atoms with van der Waals surface area (Å²) >= 11 is 0. The van der Waals surface area contributed by atoms with E-state index in [2.05, 4.69) is 5.10 Å². The number of aliphatic hydroxyl groups is 1. The smallest absolute Gasteiger partial charge is 0.0812 e. The summed E-state index contributed by atoms with van der Waals surface area (Å²) in [5.41, 5.74) is -0.633. The molecule has 3 heteroatoms. The van der Waals surface area contributed by atoms with Gasteiger partial charge in [0.1, 0.15) is 0 Å². The number of hydrogen-bond donors (Lipinski definition) is 1. The molecule has 0 aliphatic rings. The van der Waals surface area contributed by atoms with Crippen molar-refractivity contribution in [1.82, 2.24) is 9.78 Å². The van der Waals surface area contributed by atoms with Crippen molar-refractivity contribution in [3.05, 3.63) is 18.5 Å². The second-order valence-corrected chi connectivity index (χ2v) is 3.05. The summed E-state index contributed by atoms with van der Waals surface area (Å²) in [5, 5.41) is 13.6. The maximum Gasteiger partial charge on any atom is 0.0812 e. The van der Waals surface area contributed by atoms with Crippen molar-refractivity contribution in [2.45, 2.75) is 32.4 Å². The van der Waals surface area contributed by atoms with Gasteiger partial charge in [0.15, 0.2) is 0 Å². The lowest BCUT2D eigenvalue weighted by Gasteiger charge is -2.20. The molecule has 62 valence electrons. The fourth-order valence-corrected chi connectivity index (χ4v) is 0.855. The van der Waals surface area contributed by atoms with E-state index in [0.717, 1.165) is 6.42 Å². The van der Waals surface area contributed by atoms with Gasteiger partial charge in [-0.15, -0.1) is 0 Å². The van der Waals surface area contributed by atoms with Crippen molar-refractivity contribution in [2.75, 3.05) is 0 Å². The van der Waals surface area contributed by atoms with E-state index >= 15 is 0 Å². The van der Waals surface area contributed by atoms with Crippen LogP contribution in [0.1, 0.15) is 20.3 Å². The van der Waals surface area contributed by atoms with Crippen LogP contribution < -0.4 is 0 Å². The highest BCUT2D eigenvalue weighted by Crippen LogP contribution is 2.10. The van der Waals surface area contributed by atoms with Crippen LogP contribution in [0.15, 0.2) is 18.5 Å². The van der Waals surface area contributed by atoms with Crippen molar-refractivity contribution < 1.29 is 5.11 Å². The van der Waals surface area contributed by atoms with Gasteiger partial charge in [-0.25, -0.2) is 0 Å². The van der Waals surface area contributed by atoms with Crippen molar-refractivity contribution in [3.8, 4) is 0 Å². The molecule has 0 aliphatic heterocycles. The molecule has 3 nitrogen and oxygen atoms in total. The van der Waals surface area contributed by atoms with E-state index in [0.29, 0.717) is 6.54 Å². The number of aromatic nitrogens is 2. The van der Waals surface area contributed by atoms with Crippen LogP contribution in [-0.2, 0) is 6.54 Å². The average molecular weight is 154 g/mol. The van der Waals surface area contributed by atoms with Gasteiger partial charge < -0.3 is 5.11 Å². The van der Waals surface area contributed by atoms with Crippen LogP contribution in [0.3, 0.4) is 0 Å². The molecule has 0 fully saturated rings. The van der Waals surface area contributed by atoms with Crippen LogP contribution in [-0.4, -0.2) is 20.5 Å². The highest BCUT2D eigenvalue weighted by molar-refractivity contribution is 4.81. The molecule has 1 aromatic heterocycles. The molecule has 0 aliphatic carbocycles. The lowest BCUT2D eigenvalue weighted by molar-refractivity contribution is 0.0345. The number of nitrogens with zero attached hydrogens (tertiary/aromatic N) is 2. The van der Waals surface area contributed by atoms with Gasteiger partial charge in [0.05, 0.1) is 12.1 Å². The monoisotopic (exact) mass is 154 g/mol. The third-order valence-electron chi connectivity index (χ3n) is 1.82. The lowest BCUT2D eigenvalue weighted by atomic mass is 10.0. The fraction of sp³-hybridized carbons (Fsp3) is 0.625. The molecule has 0 saturated carbocycles. The Bertz CT molecular complexity index is 204. The summed E-state index contributed by atoms with van der Waals surface area (Å²) in [4.78, 5) is 0. The van der Waals surface area contributed by atoms with Crippen LogP contribution in [0.25, 0.3) is 0 Å². The molecule has 1 unspecified atom stereocenters. The quantitative estimate of drug-likeness (QED) is 0.706. The second kappa shape index (κ2) is 3.05. The SMILES string of the molecule is CCC(C)(O)Cn1cccn1. The first kappa shape index (κ1) is 8.27. The predicted octanol–water partition coefficient (Wildman–Crippen LogP) is 1.04. The maximum absolute atomic E-state index is 9.63. The van der Waals surface area contributed by atoms with Gasteiger partial charge in [-0.3, -0.25) is 4.68 Å². The van der Waals surface area contributed by atoms with Crippen molar-refractivity contribution in [1.29, 1.82) is 0 Å². The van der Waals surface area contributed by atoms with E-state index in [1.54, 1.807) is 10.9 Å². The summed E-state index contributed by atoms with van der Waals surface area (Å²) in [6, 6.07) is 1.85. The summed E-state index contributed by atoms with van der Waals surface area (Å²) in [5.74, 6) is 0. The minimum atomic E-state index is -0.633. The highest BCUT2D eigenvalue weighted by atomic mass is 16.3. The summed E-state index contributed by atoms with van der Waals surface area (Å²) < 4.78 is 1.74. The van der Waals surface area contributed by atoms with Crippen molar-refractivity contribution >= 4 is 0 Å². The van der Waals surface area contributed by atoms with Crippen LogP contribution in [0, 0.1) is 0 Å². The Morgan fingerprint density at radius 1 is 1.64 bits per heavy atom. The van der Waals surface area contributed by atoms with Gasteiger partial charge in [0.25, 0.3) is 0 Å². The Balaban J connectivity index is 2.56. The molecular formula is C8H14N2O. The lowest BCUT2D eigenvalue weighted by Crippen LogP contribution is -2.29. The van der Waals surface area contributed by atoms with Gasteiger partial charge >= 0.3 is 0 Å². The van der Waals surface area contributed by atoms with Crippen LogP contribution in [0.4, 0.5) is 0 Å². The Morgan fingerprint density at radius 3 is 2.82 bits per heavy atom. The average Bonchev–Trinajstić information content (AvgIpc) is 2.39. The third-order valence-corrected chi connectivity index (χ3v) is 1.82. The van der Waals surface area contributed by atoms with Crippen LogP contribution in [0.5, 0.6) is 0 Å². The molecule has 11 heavy (non-hydrogen) atoms. The first-order valence-electron chi connectivity index (χ1n) is 3.84. The predicted molar refractivity (Wildman–Crippen MR) is 43.1 cm³/mol. The normalized spacial score (nSPS) is 16.3. The zero-order chi connectivity index (χ0) is 8.32. The molecule has 0 saturated heterocycles. The molecule has 1 heterocycles. The fourth-order valence-electron chi connectivity index (χ4n) is 0.855. The maximum atomic E-state index is 9.63. The Kier molecular flexibility index (Phi) is 2.29. The standard InChI is InChI=1S/C8H14N2O/c1-3-8(2,11)7-10-6-4-5-9-10/h4-6,11H,3,7H2,1-2H3.